The smallest absolute Gasteiger partial charge is 0.176 e. The van der Waals surface area contributed by atoms with Crippen molar-refractivity contribution in [2.24, 2.45) is 5.16 Å². The van der Waals surface area contributed by atoms with Gasteiger partial charge in [0.2, 0.25) is 0 Å². The molecule has 32 heavy (non-hydrogen) atoms. The summed E-state index contributed by atoms with van der Waals surface area (Å²) in [4.78, 5) is 12.4. The van der Waals surface area contributed by atoms with Crippen molar-refractivity contribution in [1.82, 2.24) is 10.3 Å². The molecule has 0 spiro atoms. The summed E-state index contributed by atoms with van der Waals surface area (Å²) in [5.41, 5.74) is 2.41. The molecule has 0 aliphatic carbocycles. The number of aromatic nitrogens is 2. The minimum absolute atomic E-state index is 0.0284. The van der Waals surface area contributed by atoms with Crippen molar-refractivity contribution in [3.8, 4) is 5.75 Å². The first-order chi connectivity index (χ1) is 15.2. The van der Waals surface area contributed by atoms with Gasteiger partial charge in [-0.15, -0.1) is 0 Å². The van der Waals surface area contributed by atoms with Crippen LogP contribution in [0.3, 0.4) is 0 Å². The quantitative estimate of drug-likeness (QED) is 0.267. The lowest BCUT2D eigenvalue weighted by Gasteiger charge is -2.19. The lowest BCUT2D eigenvalue weighted by Crippen LogP contribution is -2.17. The molecular weight excluding hydrogens is 481 g/mol. The highest BCUT2D eigenvalue weighted by atomic mass is 79.9. The fraction of sp³-hybridized carbons (Fsp3) is 0.304. The van der Waals surface area contributed by atoms with Gasteiger partial charge < -0.3 is 9.94 Å². The Bertz CT molecular complexity index is 1120. The number of carbonyl (C=O) groups excluding carboxylic acids is 1. The Morgan fingerprint density at radius 1 is 1.16 bits per heavy atom. The van der Waals surface area contributed by atoms with Crippen LogP contribution in [0.2, 0.25) is 0 Å². The molecule has 0 fully saturated rings. The zero-order valence-corrected chi connectivity index (χ0v) is 19.5. The zero-order valence-electron chi connectivity index (χ0n) is 17.9. The van der Waals surface area contributed by atoms with Crippen LogP contribution >= 0.6 is 15.9 Å². The number of oxime groups is 1. The Morgan fingerprint density at radius 2 is 1.88 bits per heavy atom. The van der Waals surface area contributed by atoms with Crippen molar-refractivity contribution in [1.29, 1.82) is 0 Å². The summed E-state index contributed by atoms with van der Waals surface area (Å²) >= 11 is 3.12. The molecule has 1 aromatic heterocycles. The van der Waals surface area contributed by atoms with E-state index in [1.807, 2.05) is 24.3 Å². The second kappa shape index (κ2) is 10.0. The predicted octanol–water partition coefficient (Wildman–Crippen LogP) is 4.88. The average Bonchev–Trinajstić information content (AvgIpc) is 3.20. The van der Waals surface area contributed by atoms with Gasteiger partial charge in [0.15, 0.2) is 11.5 Å². The number of nitrogens with zero attached hydrogens (tertiary/aromatic N) is 3. The van der Waals surface area contributed by atoms with Gasteiger partial charge in [0.05, 0.1) is 10.9 Å². The van der Waals surface area contributed by atoms with Crippen LogP contribution < -0.4 is 4.74 Å². The monoisotopic (exact) mass is 503 g/mol. The summed E-state index contributed by atoms with van der Waals surface area (Å²) in [6.45, 7) is 6.20. The van der Waals surface area contributed by atoms with Crippen LogP contribution in [0.25, 0.3) is 0 Å². The second-order valence-corrected chi connectivity index (χ2v) is 9.16. The molecule has 7 nitrogen and oxygen atoms in total. The third kappa shape index (κ3) is 6.00. The summed E-state index contributed by atoms with van der Waals surface area (Å²) < 4.78 is 24.1. The van der Waals surface area contributed by atoms with E-state index in [-0.39, 0.29) is 52.2 Å². The van der Waals surface area contributed by atoms with E-state index in [0.29, 0.717) is 11.3 Å². The number of benzene rings is 2. The topological polar surface area (TPSA) is 97.8 Å². The molecule has 3 rings (SSSR count). The minimum atomic E-state index is -0.404. The van der Waals surface area contributed by atoms with E-state index in [4.69, 9.17) is 9.37 Å². The first-order valence-corrected chi connectivity index (χ1v) is 10.7. The van der Waals surface area contributed by atoms with E-state index in [9.17, 15) is 14.4 Å². The molecule has 2 aromatic carbocycles. The van der Waals surface area contributed by atoms with E-state index in [2.05, 4.69) is 52.2 Å². The molecule has 1 N–H and O–H groups in total. The standard InChI is InChI=1S/C23H23BrFN3O4/c1-23(2,3)15-5-7-17(8-6-15)31-13-16(29)12-21-22(28-32-27-21)20(26-30)11-14-4-9-19(25)18(24)10-14/h4-10,30H,11-13H2,1-3H3. The van der Waals surface area contributed by atoms with Crippen LogP contribution in [0, 0.1) is 5.82 Å². The molecule has 168 valence electrons. The molecule has 9 heteroatoms. The van der Waals surface area contributed by atoms with Gasteiger partial charge in [0.25, 0.3) is 0 Å². The lowest BCUT2D eigenvalue weighted by molar-refractivity contribution is -0.120. The van der Waals surface area contributed by atoms with Crippen LogP contribution in [0.1, 0.15) is 43.3 Å². The predicted molar refractivity (Wildman–Crippen MR) is 120 cm³/mol. The van der Waals surface area contributed by atoms with Crippen molar-refractivity contribution in [2.75, 3.05) is 6.61 Å². The molecule has 0 aliphatic rings. The highest BCUT2D eigenvalue weighted by molar-refractivity contribution is 9.10. The van der Waals surface area contributed by atoms with Crippen LogP contribution in [-0.2, 0) is 23.1 Å². The molecule has 0 atom stereocenters. The van der Waals surface area contributed by atoms with E-state index in [0.717, 1.165) is 0 Å². The summed E-state index contributed by atoms with van der Waals surface area (Å²) in [7, 11) is 0. The van der Waals surface area contributed by atoms with E-state index < -0.39 is 5.82 Å². The largest absolute Gasteiger partial charge is 0.486 e. The molecule has 0 saturated heterocycles. The van der Waals surface area contributed by atoms with Crippen LogP contribution in [0.15, 0.2) is 56.7 Å². The molecular formula is C23H23BrFN3O4. The highest BCUT2D eigenvalue weighted by Gasteiger charge is 2.21. The summed E-state index contributed by atoms with van der Waals surface area (Å²) in [5.74, 6) is -0.0633. The van der Waals surface area contributed by atoms with Gasteiger partial charge in [0, 0.05) is 6.42 Å². The molecule has 0 aliphatic heterocycles. The van der Waals surface area contributed by atoms with Gasteiger partial charge in [-0.25, -0.2) is 9.02 Å². The number of carbonyl (C=O) groups is 1. The van der Waals surface area contributed by atoms with Crippen LogP contribution in [-0.4, -0.2) is 33.6 Å². The van der Waals surface area contributed by atoms with E-state index >= 15 is 0 Å². The van der Waals surface area contributed by atoms with Gasteiger partial charge in [0.1, 0.15) is 29.6 Å². The first kappa shape index (κ1) is 23.6. The number of halogens is 2. The third-order valence-corrected chi connectivity index (χ3v) is 5.40. The maximum absolute atomic E-state index is 13.5. The van der Waals surface area contributed by atoms with Crippen molar-refractivity contribution in [3.05, 3.63) is 75.3 Å². The van der Waals surface area contributed by atoms with Crippen molar-refractivity contribution in [3.63, 3.8) is 0 Å². The van der Waals surface area contributed by atoms with Crippen LogP contribution in [0.4, 0.5) is 4.39 Å². The van der Waals surface area contributed by atoms with Gasteiger partial charge >= 0.3 is 0 Å². The molecule has 0 bridgehead atoms. The van der Waals surface area contributed by atoms with Crippen molar-refractivity contribution >= 4 is 27.4 Å². The zero-order chi connectivity index (χ0) is 23.3. The van der Waals surface area contributed by atoms with E-state index in [1.165, 1.54) is 11.6 Å². The number of ether oxygens (including phenoxy) is 1. The summed E-state index contributed by atoms with van der Waals surface area (Å²) in [5, 5.41) is 20.3. The molecule has 0 saturated carbocycles. The fourth-order valence-corrected chi connectivity index (χ4v) is 3.43. The van der Waals surface area contributed by atoms with Gasteiger partial charge in [-0.3, -0.25) is 4.79 Å². The second-order valence-electron chi connectivity index (χ2n) is 8.31. The normalized spacial score (nSPS) is 12.1. The Kier molecular flexibility index (Phi) is 7.40. The molecule has 0 amide bonds. The highest BCUT2D eigenvalue weighted by Crippen LogP contribution is 2.24. The third-order valence-electron chi connectivity index (χ3n) is 4.79. The number of rotatable bonds is 8. The maximum Gasteiger partial charge on any atom is 0.176 e. The molecule has 0 unspecified atom stereocenters. The Labute approximate surface area is 193 Å². The van der Waals surface area contributed by atoms with Crippen LogP contribution in [0.5, 0.6) is 5.75 Å². The molecule has 1 heterocycles. The molecule has 0 radical (unpaired) electrons. The van der Waals surface area contributed by atoms with E-state index in [1.54, 1.807) is 12.1 Å². The fourth-order valence-electron chi connectivity index (χ4n) is 3.00. The van der Waals surface area contributed by atoms with Crippen molar-refractivity contribution in [2.45, 2.75) is 39.0 Å². The van der Waals surface area contributed by atoms with Gasteiger partial charge in [-0.2, -0.15) is 0 Å². The van der Waals surface area contributed by atoms with Gasteiger partial charge in [-0.1, -0.05) is 49.3 Å². The lowest BCUT2D eigenvalue weighted by atomic mass is 9.87. The summed E-state index contributed by atoms with van der Waals surface area (Å²) in [6, 6.07) is 12.0. The number of hydrogen-bond donors (Lipinski definition) is 1. The Balaban J connectivity index is 1.63. The first-order valence-electron chi connectivity index (χ1n) is 9.89. The van der Waals surface area contributed by atoms with Crippen molar-refractivity contribution < 1.29 is 23.8 Å². The Morgan fingerprint density at radius 3 is 2.50 bits per heavy atom. The number of hydrogen-bond acceptors (Lipinski definition) is 7. The Hall–Kier alpha value is -3.07. The summed E-state index contributed by atoms with van der Waals surface area (Å²) in [6.07, 6.45) is 0.0342. The average molecular weight is 504 g/mol. The number of Topliss-reactive ketones (excluding diaryl/α,β-unsaturated/α-hetero) is 1. The van der Waals surface area contributed by atoms with Gasteiger partial charge in [-0.05, 0) is 61.9 Å². The minimum Gasteiger partial charge on any atom is -0.486 e. The maximum atomic E-state index is 13.5. The molecule has 3 aromatic rings. The SMILES string of the molecule is CC(C)(C)c1ccc(OCC(=O)Cc2nonc2C(Cc2ccc(F)c(Br)c2)=NO)cc1. The number of ketones is 1.